The molecule has 1 saturated heterocycles. The van der Waals surface area contributed by atoms with Crippen molar-refractivity contribution in [3.8, 4) is 5.75 Å². The van der Waals surface area contributed by atoms with Gasteiger partial charge in [-0.2, -0.15) is 8.42 Å². The topological polar surface area (TPSA) is 124 Å². The van der Waals surface area contributed by atoms with E-state index in [1.54, 1.807) is 18.2 Å². The van der Waals surface area contributed by atoms with Crippen LogP contribution in [0.4, 0.5) is 10.5 Å². The number of nitro benzene ring substituents is 1. The standard InChI is InChI=1S/C23H15BrN2O7S2/c24-17-9-7-15(8-10-17)14-25-22(27)21(34-23(25)28)12-16-3-1-5-19(11-16)33-35(31,32)20-6-2-4-18(13-20)26(29)30/h1-13H,14H2/b21-12-. The van der Waals surface area contributed by atoms with E-state index in [0.29, 0.717) is 5.56 Å². The van der Waals surface area contributed by atoms with Crippen LogP contribution in [0.2, 0.25) is 0 Å². The van der Waals surface area contributed by atoms with Gasteiger partial charge in [0.15, 0.2) is 0 Å². The molecule has 35 heavy (non-hydrogen) atoms. The molecule has 178 valence electrons. The maximum absolute atomic E-state index is 12.8. The first-order valence-electron chi connectivity index (χ1n) is 9.91. The molecule has 4 rings (SSSR count). The van der Waals surface area contributed by atoms with E-state index >= 15 is 0 Å². The summed E-state index contributed by atoms with van der Waals surface area (Å²) in [5.41, 5.74) is 0.840. The summed E-state index contributed by atoms with van der Waals surface area (Å²) in [6.45, 7) is 0.125. The molecule has 9 nitrogen and oxygen atoms in total. The van der Waals surface area contributed by atoms with Gasteiger partial charge in [0.05, 0.1) is 16.4 Å². The number of hydrogen-bond donors (Lipinski definition) is 0. The summed E-state index contributed by atoms with van der Waals surface area (Å²) in [4.78, 5) is 36.4. The molecule has 0 aromatic heterocycles. The number of hydrogen-bond acceptors (Lipinski definition) is 8. The highest BCUT2D eigenvalue weighted by Crippen LogP contribution is 2.34. The Balaban J connectivity index is 1.53. The lowest BCUT2D eigenvalue weighted by molar-refractivity contribution is -0.385. The first-order chi connectivity index (χ1) is 16.6. The number of imide groups is 1. The zero-order valence-electron chi connectivity index (χ0n) is 17.7. The Kier molecular flexibility index (Phi) is 7.05. The third-order valence-electron chi connectivity index (χ3n) is 4.81. The first kappa shape index (κ1) is 24.6. The van der Waals surface area contributed by atoms with Crippen molar-refractivity contribution in [2.45, 2.75) is 11.4 Å². The van der Waals surface area contributed by atoms with E-state index in [2.05, 4.69) is 15.9 Å². The maximum Gasteiger partial charge on any atom is 0.339 e. The fraction of sp³-hybridized carbons (Fsp3) is 0.0435. The van der Waals surface area contributed by atoms with E-state index in [1.807, 2.05) is 12.1 Å². The van der Waals surface area contributed by atoms with E-state index in [4.69, 9.17) is 4.18 Å². The number of rotatable bonds is 7. The third kappa shape index (κ3) is 5.78. The Hall–Kier alpha value is -3.48. The van der Waals surface area contributed by atoms with Gasteiger partial charge in [-0.15, -0.1) is 0 Å². The molecule has 1 heterocycles. The summed E-state index contributed by atoms with van der Waals surface area (Å²) < 4.78 is 31.2. The smallest absolute Gasteiger partial charge is 0.339 e. The minimum absolute atomic E-state index is 0.0562. The number of benzene rings is 3. The molecule has 0 atom stereocenters. The summed E-state index contributed by atoms with van der Waals surface area (Å²) in [7, 11) is -4.34. The summed E-state index contributed by atoms with van der Waals surface area (Å²) >= 11 is 4.12. The van der Waals surface area contributed by atoms with Crippen molar-refractivity contribution < 1.29 is 27.1 Å². The first-order valence-corrected chi connectivity index (χ1v) is 12.9. The zero-order valence-corrected chi connectivity index (χ0v) is 20.9. The van der Waals surface area contributed by atoms with Crippen LogP contribution in [-0.4, -0.2) is 29.4 Å². The lowest BCUT2D eigenvalue weighted by Gasteiger charge is -2.12. The summed E-state index contributed by atoms with van der Waals surface area (Å²) in [6, 6.07) is 17.7. The van der Waals surface area contributed by atoms with Gasteiger partial charge >= 0.3 is 10.1 Å². The second-order valence-electron chi connectivity index (χ2n) is 7.26. The summed E-state index contributed by atoms with van der Waals surface area (Å²) in [5.74, 6) is -0.516. The SMILES string of the molecule is O=C1S/C(=C\c2cccc(OS(=O)(=O)c3cccc([N+](=O)[O-])c3)c2)C(=O)N1Cc1ccc(Br)cc1. The molecule has 3 aromatic carbocycles. The number of carbonyl (C=O) groups is 2. The number of nitrogens with zero attached hydrogens (tertiary/aromatic N) is 2. The molecule has 12 heteroatoms. The molecule has 2 amide bonds. The highest BCUT2D eigenvalue weighted by atomic mass is 79.9. The average Bonchev–Trinajstić information content (AvgIpc) is 3.07. The van der Waals surface area contributed by atoms with Crippen LogP contribution >= 0.6 is 27.7 Å². The molecule has 0 N–H and O–H groups in total. The Morgan fingerprint density at radius 3 is 2.46 bits per heavy atom. The van der Waals surface area contributed by atoms with Gasteiger partial charge in [-0.05, 0) is 59.3 Å². The molecule has 0 spiro atoms. The van der Waals surface area contributed by atoms with Crippen LogP contribution in [0.1, 0.15) is 11.1 Å². The molecule has 1 aliphatic rings. The minimum atomic E-state index is -4.34. The Bertz CT molecular complexity index is 1470. The van der Waals surface area contributed by atoms with Crippen molar-refractivity contribution in [3.05, 3.63) is 103 Å². The van der Waals surface area contributed by atoms with Gasteiger partial charge in [0.2, 0.25) is 0 Å². The van der Waals surface area contributed by atoms with Crippen molar-refractivity contribution in [1.82, 2.24) is 4.90 Å². The van der Waals surface area contributed by atoms with E-state index in [9.17, 15) is 28.1 Å². The molecule has 1 fully saturated rings. The molecule has 0 unspecified atom stereocenters. The third-order valence-corrected chi connectivity index (χ3v) is 7.49. The number of halogens is 1. The number of non-ortho nitro benzene ring substituents is 1. The van der Waals surface area contributed by atoms with E-state index in [-0.39, 0.29) is 27.8 Å². The second-order valence-corrected chi connectivity index (χ2v) is 10.7. The van der Waals surface area contributed by atoms with E-state index in [0.717, 1.165) is 32.8 Å². The predicted molar refractivity (Wildman–Crippen MR) is 133 cm³/mol. The van der Waals surface area contributed by atoms with Gasteiger partial charge in [0.1, 0.15) is 10.6 Å². The number of thioether (sulfide) groups is 1. The number of nitro groups is 1. The highest BCUT2D eigenvalue weighted by molar-refractivity contribution is 9.10. The van der Waals surface area contributed by atoms with Crippen molar-refractivity contribution in [2.75, 3.05) is 0 Å². The van der Waals surface area contributed by atoms with Gasteiger partial charge in [0, 0.05) is 16.6 Å². The number of amides is 2. The Morgan fingerprint density at radius 2 is 1.74 bits per heavy atom. The molecule has 1 aliphatic heterocycles. The average molecular weight is 575 g/mol. The molecule has 0 aliphatic carbocycles. The Labute approximate surface area is 212 Å². The quantitative estimate of drug-likeness (QED) is 0.160. The van der Waals surface area contributed by atoms with Crippen molar-refractivity contribution >= 4 is 60.7 Å². The monoisotopic (exact) mass is 574 g/mol. The second kappa shape index (κ2) is 10.0. The Morgan fingerprint density at radius 1 is 1.03 bits per heavy atom. The van der Waals surface area contributed by atoms with Crippen LogP contribution in [-0.2, 0) is 21.5 Å². The molecule has 0 saturated carbocycles. The van der Waals surface area contributed by atoms with Gasteiger partial charge < -0.3 is 4.18 Å². The van der Waals surface area contributed by atoms with E-state index < -0.39 is 26.2 Å². The van der Waals surface area contributed by atoms with Crippen LogP contribution in [0.5, 0.6) is 5.75 Å². The fourth-order valence-corrected chi connectivity index (χ4v) is 5.21. The number of carbonyl (C=O) groups excluding carboxylic acids is 2. The highest BCUT2D eigenvalue weighted by Gasteiger charge is 2.35. The van der Waals surface area contributed by atoms with Gasteiger partial charge in [0.25, 0.3) is 16.8 Å². The molecule has 0 radical (unpaired) electrons. The van der Waals surface area contributed by atoms with Gasteiger partial charge in [-0.3, -0.25) is 24.6 Å². The predicted octanol–water partition coefficient (Wildman–Crippen LogP) is 5.36. The van der Waals surface area contributed by atoms with Crippen molar-refractivity contribution in [1.29, 1.82) is 0 Å². The maximum atomic E-state index is 12.8. The molecular formula is C23H15BrN2O7S2. The minimum Gasteiger partial charge on any atom is -0.379 e. The van der Waals surface area contributed by atoms with Crippen molar-refractivity contribution in [3.63, 3.8) is 0 Å². The van der Waals surface area contributed by atoms with Crippen LogP contribution < -0.4 is 4.18 Å². The van der Waals surface area contributed by atoms with Crippen LogP contribution in [0.25, 0.3) is 6.08 Å². The van der Waals surface area contributed by atoms with Crippen LogP contribution in [0, 0.1) is 10.1 Å². The van der Waals surface area contributed by atoms with Crippen LogP contribution in [0.3, 0.4) is 0 Å². The molecule has 0 bridgehead atoms. The van der Waals surface area contributed by atoms with Gasteiger partial charge in [-0.1, -0.05) is 46.3 Å². The molecular weight excluding hydrogens is 560 g/mol. The van der Waals surface area contributed by atoms with Crippen LogP contribution in [0.15, 0.2) is 87.1 Å². The lowest BCUT2D eigenvalue weighted by atomic mass is 10.2. The van der Waals surface area contributed by atoms with E-state index in [1.165, 1.54) is 42.5 Å². The zero-order chi connectivity index (χ0) is 25.2. The molecule has 3 aromatic rings. The van der Waals surface area contributed by atoms with Crippen molar-refractivity contribution in [2.24, 2.45) is 0 Å². The largest absolute Gasteiger partial charge is 0.379 e. The summed E-state index contributed by atoms with van der Waals surface area (Å²) in [6.07, 6.45) is 1.47. The van der Waals surface area contributed by atoms with Gasteiger partial charge in [-0.25, -0.2) is 0 Å². The lowest BCUT2D eigenvalue weighted by Crippen LogP contribution is -2.27. The normalized spacial score (nSPS) is 15.0. The fourth-order valence-electron chi connectivity index (χ4n) is 3.14. The summed E-state index contributed by atoms with van der Waals surface area (Å²) in [5, 5.41) is 10.5.